The molecule has 0 amide bonds. The lowest BCUT2D eigenvalue weighted by Crippen LogP contribution is -2.06. The second-order valence-electron chi connectivity index (χ2n) is 3.63. The van der Waals surface area contributed by atoms with Crippen LogP contribution in [-0.2, 0) is 4.74 Å². The molecule has 0 saturated carbocycles. The lowest BCUT2D eigenvalue weighted by atomic mass is 10.1. The number of esters is 1. The number of benzene rings is 1. The Balaban J connectivity index is 2.32. The summed E-state index contributed by atoms with van der Waals surface area (Å²) in [5, 5.41) is 4.05. The molecule has 5 nitrogen and oxygen atoms in total. The first-order valence-electron chi connectivity index (χ1n) is 5.39. The summed E-state index contributed by atoms with van der Waals surface area (Å²) in [5.41, 5.74) is 1.61. The number of ether oxygens (including phenoxy) is 1. The van der Waals surface area contributed by atoms with Crippen LogP contribution in [0.4, 0.5) is 0 Å². The SMILES string of the molecule is CCOC(=O)c1noc(-c2ccc(C)cc2Cl)n1. The first-order valence-corrected chi connectivity index (χ1v) is 5.77. The Labute approximate surface area is 109 Å². The summed E-state index contributed by atoms with van der Waals surface area (Å²) in [5.74, 6) is -0.526. The van der Waals surface area contributed by atoms with Gasteiger partial charge in [0.25, 0.3) is 11.7 Å². The van der Waals surface area contributed by atoms with Gasteiger partial charge in [-0.05, 0) is 36.7 Å². The van der Waals surface area contributed by atoms with Gasteiger partial charge in [0.15, 0.2) is 0 Å². The van der Waals surface area contributed by atoms with Crippen LogP contribution in [0.3, 0.4) is 0 Å². The van der Waals surface area contributed by atoms with E-state index in [0.29, 0.717) is 10.6 Å². The molecule has 0 bridgehead atoms. The zero-order valence-electron chi connectivity index (χ0n) is 9.94. The number of nitrogens with zero attached hydrogens (tertiary/aromatic N) is 2. The molecule has 1 heterocycles. The Morgan fingerprint density at radius 2 is 2.28 bits per heavy atom. The molecular weight excluding hydrogens is 256 g/mol. The molecule has 1 aromatic heterocycles. The minimum Gasteiger partial charge on any atom is -0.460 e. The molecule has 0 fully saturated rings. The van der Waals surface area contributed by atoms with Gasteiger partial charge in [-0.25, -0.2) is 4.79 Å². The summed E-state index contributed by atoms with van der Waals surface area (Å²) in [6, 6.07) is 5.42. The fourth-order valence-electron chi connectivity index (χ4n) is 1.41. The van der Waals surface area contributed by atoms with Crippen molar-refractivity contribution < 1.29 is 14.1 Å². The van der Waals surface area contributed by atoms with E-state index in [1.165, 1.54) is 0 Å². The average Bonchev–Trinajstić information content (AvgIpc) is 2.78. The summed E-state index contributed by atoms with van der Waals surface area (Å²) < 4.78 is 9.76. The molecule has 0 aliphatic carbocycles. The van der Waals surface area contributed by atoms with Crippen molar-refractivity contribution in [1.82, 2.24) is 10.1 Å². The van der Waals surface area contributed by atoms with Gasteiger partial charge in [-0.3, -0.25) is 0 Å². The summed E-state index contributed by atoms with van der Waals surface area (Å²) in [6.07, 6.45) is 0. The molecule has 94 valence electrons. The van der Waals surface area contributed by atoms with E-state index in [9.17, 15) is 4.79 Å². The topological polar surface area (TPSA) is 65.2 Å². The van der Waals surface area contributed by atoms with Crippen molar-refractivity contribution in [2.75, 3.05) is 6.61 Å². The molecule has 0 saturated heterocycles. The van der Waals surface area contributed by atoms with Crippen molar-refractivity contribution in [1.29, 1.82) is 0 Å². The second kappa shape index (κ2) is 5.18. The quantitative estimate of drug-likeness (QED) is 0.799. The van der Waals surface area contributed by atoms with E-state index >= 15 is 0 Å². The van der Waals surface area contributed by atoms with Crippen LogP contribution in [0.5, 0.6) is 0 Å². The van der Waals surface area contributed by atoms with Crippen molar-refractivity contribution in [2.45, 2.75) is 13.8 Å². The van der Waals surface area contributed by atoms with Crippen LogP contribution in [0, 0.1) is 6.92 Å². The van der Waals surface area contributed by atoms with Crippen molar-refractivity contribution >= 4 is 17.6 Å². The molecule has 2 aromatic rings. The predicted molar refractivity (Wildman–Crippen MR) is 65.4 cm³/mol. The number of aryl methyl sites for hydroxylation is 1. The highest BCUT2D eigenvalue weighted by Gasteiger charge is 2.18. The molecule has 0 atom stereocenters. The van der Waals surface area contributed by atoms with Crippen molar-refractivity contribution in [3.05, 3.63) is 34.6 Å². The second-order valence-corrected chi connectivity index (χ2v) is 4.03. The summed E-state index contributed by atoms with van der Waals surface area (Å²) in [7, 11) is 0. The van der Waals surface area contributed by atoms with Gasteiger partial charge in [0.1, 0.15) is 0 Å². The van der Waals surface area contributed by atoms with Crippen LogP contribution < -0.4 is 0 Å². The first-order chi connectivity index (χ1) is 8.61. The van der Waals surface area contributed by atoms with Gasteiger partial charge in [0, 0.05) is 0 Å². The molecule has 0 N–H and O–H groups in total. The van der Waals surface area contributed by atoms with Crippen LogP contribution in [0.2, 0.25) is 5.02 Å². The monoisotopic (exact) mass is 266 g/mol. The van der Waals surface area contributed by atoms with E-state index in [2.05, 4.69) is 10.1 Å². The average molecular weight is 267 g/mol. The Kier molecular flexibility index (Phi) is 3.62. The van der Waals surface area contributed by atoms with E-state index < -0.39 is 5.97 Å². The van der Waals surface area contributed by atoms with Crippen molar-refractivity contribution in [3.8, 4) is 11.5 Å². The molecule has 0 unspecified atom stereocenters. The Morgan fingerprint density at radius 1 is 1.50 bits per heavy atom. The van der Waals surface area contributed by atoms with Gasteiger partial charge < -0.3 is 9.26 Å². The van der Waals surface area contributed by atoms with Crippen LogP contribution in [-0.4, -0.2) is 22.7 Å². The van der Waals surface area contributed by atoms with E-state index in [0.717, 1.165) is 5.56 Å². The summed E-state index contributed by atoms with van der Waals surface area (Å²) in [4.78, 5) is 15.3. The van der Waals surface area contributed by atoms with Crippen LogP contribution in [0.1, 0.15) is 23.1 Å². The molecule has 0 radical (unpaired) electrons. The molecule has 0 aliphatic rings. The Hall–Kier alpha value is -1.88. The molecular formula is C12H11ClN2O3. The predicted octanol–water partition coefficient (Wildman–Crippen LogP) is 2.88. The highest BCUT2D eigenvalue weighted by molar-refractivity contribution is 6.33. The lowest BCUT2D eigenvalue weighted by molar-refractivity contribution is 0.0508. The van der Waals surface area contributed by atoms with Crippen molar-refractivity contribution in [2.24, 2.45) is 0 Å². The fourth-order valence-corrected chi connectivity index (χ4v) is 1.72. The molecule has 18 heavy (non-hydrogen) atoms. The normalized spacial score (nSPS) is 10.4. The maximum Gasteiger partial charge on any atom is 0.379 e. The molecule has 1 aromatic carbocycles. The first kappa shape index (κ1) is 12.6. The minimum absolute atomic E-state index is 0.108. The van der Waals surface area contributed by atoms with Crippen LogP contribution in [0.15, 0.2) is 22.7 Å². The highest BCUT2D eigenvalue weighted by Crippen LogP contribution is 2.27. The fraction of sp³-hybridized carbons (Fsp3) is 0.250. The third-order valence-electron chi connectivity index (χ3n) is 2.24. The largest absolute Gasteiger partial charge is 0.460 e. The molecule has 2 rings (SSSR count). The number of hydrogen-bond acceptors (Lipinski definition) is 5. The number of carbonyl (C=O) groups excluding carboxylic acids is 1. The lowest BCUT2D eigenvalue weighted by Gasteiger charge is -1.99. The Morgan fingerprint density at radius 3 is 2.94 bits per heavy atom. The van der Waals surface area contributed by atoms with Gasteiger partial charge in [0.2, 0.25) is 0 Å². The number of carbonyl (C=O) groups is 1. The molecule has 6 heteroatoms. The van der Waals surface area contributed by atoms with Gasteiger partial charge in [0.05, 0.1) is 17.2 Å². The van der Waals surface area contributed by atoms with Crippen molar-refractivity contribution in [3.63, 3.8) is 0 Å². The number of rotatable bonds is 3. The van der Waals surface area contributed by atoms with Gasteiger partial charge in [-0.2, -0.15) is 4.98 Å². The maximum absolute atomic E-state index is 11.4. The Bertz CT molecular complexity index is 580. The maximum atomic E-state index is 11.4. The van der Waals surface area contributed by atoms with E-state index in [4.69, 9.17) is 20.9 Å². The molecule has 0 aliphatic heterocycles. The van der Waals surface area contributed by atoms with E-state index in [-0.39, 0.29) is 18.3 Å². The zero-order chi connectivity index (χ0) is 13.1. The van der Waals surface area contributed by atoms with E-state index in [1.807, 2.05) is 13.0 Å². The minimum atomic E-state index is -0.615. The molecule has 0 spiro atoms. The van der Waals surface area contributed by atoms with Gasteiger partial charge in [-0.1, -0.05) is 17.7 Å². The van der Waals surface area contributed by atoms with Gasteiger partial charge >= 0.3 is 5.97 Å². The number of aromatic nitrogens is 2. The highest BCUT2D eigenvalue weighted by atomic mass is 35.5. The third-order valence-corrected chi connectivity index (χ3v) is 2.55. The smallest absolute Gasteiger partial charge is 0.379 e. The van der Waals surface area contributed by atoms with E-state index in [1.54, 1.807) is 19.1 Å². The summed E-state index contributed by atoms with van der Waals surface area (Å²) in [6.45, 7) is 3.89. The van der Waals surface area contributed by atoms with Crippen LogP contribution in [0.25, 0.3) is 11.5 Å². The standard InChI is InChI=1S/C12H11ClN2O3/c1-3-17-12(16)10-14-11(18-15-10)8-5-4-7(2)6-9(8)13/h4-6H,3H2,1-2H3. The van der Waals surface area contributed by atoms with Crippen LogP contribution >= 0.6 is 11.6 Å². The number of halogens is 1. The zero-order valence-corrected chi connectivity index (χ0v) is 10.7. The summed E-state index contributed by atoms with van der Waals surface area (Å²) >= 11 is 6.07. The third kappa shape index (κ3) is 2.51. The number of hydrogen-bond donors (Lipinski definition) is 0. The van der Waals surface area contributed by atoms with Gasteiger partial charge in [-0.15, -0.1) is 0 Å².